The highest BCUT2D eigenvalue weighted by Gasteiger charge is 2.34. The molecule has 2 saturated heterocycles. The Balaban J connectivity index is 1.35. The summed E-state index contributed by atoms with van der Waals surface area (Å²) in [7, 11) is -3.66. The fourth-order valence-electron chi connectivity index (χ4n) is 4.26. The Hall–Kier alpha value is -3.47. The summed E-state index contributed by atoms with van der Waals surface area (Å²) in [6.07, 6.45) is 4.24. The molecule has 13 nitrogen and oxygen atoms in total. The number of morpholine rings is 1. The lowest BCUT2D eigenvalue weighted by Gasteiger charge is -2.39. The molecule has 0 bridgehead atoms. The van der Waals surface area contributed by atoms with Crippen molar-refractivity contribution in [2.75, 3.05) is 68.4 Å². The van der Waals surface area contributed by atoms with Crippen molar-refractivity contribution in [2.24, 2.45) is 0 Å². The zero-order valence-corrected chi connectivity index (χ0v) is 19.8. The van der Waals surface area contributed by atoms with E-state index in [4.69, 9.17) is 10.5 Å². The summed E-state index contributed by atoms with van der Waals surface area (Å²) in [5, 5.41) is 6.48. The van der Waals surface area contributed by atoms with Crippen LogP contribution in [0.25, 0.3) is 5.65 Å². The Morgan fingerprint density at radius 3 is 2.44 bits per heavy atom. The van der Waals surface area contributed by atoms with Crippen molar-refractivity contribution in [3.05, 3.63) is 42.0 Å². The molecule has 36 heavy (non-hydrogen) atoms. The number of halogens is 2. The van der Waals surface area contributed by atoms with E-state index in [2.05, 4.69) is 20.4 Å². The average molecular weight is 524 g/mol. The van der Waals surface area contributed by atoms with Gasteiger partial charge >= 0.3 is 0 Å². The number of carbonyl (C=O) groups is 1. The number of ether oxygens (including phenoxy) is 1. The smallest absolute Gasteiger partial charge is 0.282 e. The van der Waals surface area contributed by atoms with Crippen LogP contribution in [-0.4, -0.2) is 95.0 Å². The fraction of sp³-hybridized carbons (Fsp3) is 0.400. The Morgan fingerprint density at radius 1 is 1.03 bits per heavy atom. The van der Waals surface area contributed by atoms with Gasteiger partial charge in [-0.05, 0) is 0 Å². The summed E-state index contributed by atoms with van der Waals surface area (Å²) in [5.41, 5.74) is 5.90. The highest BCUT2D eigenvalue weighted by molar-refractivity contribution is 7.86. The van der Waals surface area contributed by atoms with E-state index in [0.717, 1.165) is 23.1 Å². The van der Waals surface area contributed by atoms with E-state index in [0.29, 0.717) is 13.2 Å². The minimum absolute atomic E-state index is 0.0271. The molecule has 3 N–H and O–H groups in total. The maximum Gasteiger partial charge on any atom is 0.282 e. The second kappa shape index (κ2) is 9.53. The lowest BCUT2D eigenvalue weighted by atomic mass is 10.2. The molecule has 0 unspecified atom stereocenters. The molecule has 0 aromatic carbocycles. The van der Waals surface area contributed by atoms with Crippen LogP contribution >= 0.6 is 0 Å². The van der Waals surface area contributed by atoms with E-state index in [9.17, 15) is 22.0 Å². The Labute approximate surface area is 204 Å². The molecular formula is C20H23F2N9O4S. The van der Waals surface area contributed by atoms with E-state index in [1.54, 1.807) is 4.90 Å². The number of pyridine rings is 1. The van der Waals surface area contributed by atoms with Gasteiger partial charge in [0.25, 0.3) is 16.1 Å². The number of hydrogen-bond acceptors (Lipinski definition) is 9. The number of anilines is 3. The molecule has 0 spiro atoms. The summed E-state index contributed by atoms with van der Waals surface area (Å²) in [4.78, 5) is 22.4. The van der Waals surface area contributed by atoms with Crippen molar-refractivity contribution in [3.8, 4) is 0 Å². The second-order valence-corrected chi connectivity index (χ2v) is 10.1. The van der Waals surface area contributed by atoms with E-state index in [1.165, 1.54) is 14.8 Å². The predicted octanol–water partition coefficient (Wildman–Crippen LogP) is -0.0640. The summed E-state index contributed by atoms with van der Waals surface area (Å²) >= 11 is 0. The zero-order valence-electron chi connectivity index (χ0n) is 19.0. The molecule has 5 heterocycles. The van der Waals surface area contributed by atoms with Crippen molar-refractivity contribution >= 4 is 39.0 Å². The molecule has 0 saturated carbocycles. The first kappa shape index (κ1) is 24.2. The maximum atomic E-state index is 14.9. The molecule has 3 aromatic rings. The molecule has 2 aliphatic rings. The average Bonchev–Trinajstić information content (AvgIpc) is 3.19. The number of nitrogen functional groups attached to an aromatic ring is 1. The molecule has 2 fully saturated rings. The van der Waals surface area contributed by atoms with Crippen LogP contribution in [0.15, 0.2) is 24.8 Å². The van der Waals surface area contributed by atoms with Crippen molar-refractivity contribution in [1.82, 2.24) is 28.2 Å². The van der Waals surface area contributed by atoms with Gasteiger partial charge < -0.3 is 20.7 Å². The standard InChI is InChI=1S/C20H23F2N9O4S/c21-13-9-25-19-16(18(23)27-31(19)12-13)20(32)26-15-11-24-10-14(22)17(15)28-1-3-29(4-2-28)36(33,34)30-5-7-35-8-6-30/h9-12H,1-8H2,(H2,23,27)(H,26,32). The molecule has 192 valence electrons. The van der Waals surface area contributed by atoms with E-state index < -0.39 is 27.8 Å². The molecule has 2 aliphatic heterocycles. The normalized spacial score (nSPS) is 18.0. The van der Waals surface area contributed by atoms with Crippen LogP contribution in [0, 0.1) is 11.6 Å². The molecule has 3 aromatic heterocycles. The number of piperazine rings is 1. The number of aromatic nitrogens is 4. The first-order valence-corrected chi connectivity index (χ1v) is 12.5. The van der Waals surface area contributed by atoms with Crippen molar-refractivity contribution < 1.29 is 26.7 Å². The Bertz CT molecular complexity index is 1400. The fourth-order valence-corrected chi connectivity index (χ4v) is 5.82. The van der Waals surface area contributed by atoms with E-state index in [-0.39, 0.29) is 67.7 Å². The van der Waals surface area contributed by atoms with Gasteiger partial charge in [-0.1, -0.05) is 0 Å². The van der Waals surface area contributed by atoms with Gasteiger partial charge in [0.05, 0.1) is 43.7 Å². The summed E-state index contributed by atoms with van der Waals surface area (Å²) < 4.78 is 63.3. The number of nitrogens with one attached hydrogen (secondary N) is 1. The molecule has 1 amide bonds. The van der Waals surface area contributed by atoms with Crippen molar-refractivity contribution in [3.63, 3.8) is 0 Å². The topological polar surface area (TPSA) is 151 Å². The van der Waals surface area contributed by atoms with Gasteiger partial charge in [0.2, 0.25) is 0 Å². The van der Waals surface area contributed by atoms with Gasteiger partial charge in [-0.25, -0.2) is 18.3 Å². The van der Waals surface area contributed by atoms with Gasteiger partial charge in [-0.2, -0.15) is 17.0 Å². The Kier molecular flexibility index (Phi) is 6.42. The van der Waals surface area contributed by atoms with Crippen LogP contribution in [0.1, 0.15) is 10.4 Å². The molecule has 16 heteroatoms. The summed E-state index contributed by atoms with van der Waals surface area (Å²) in [5.74, 6) is -2.27. The molecule has 0 aliphatic carbocycles. The zero-order chi connectivity index (χ0) is 25.4. The number of carbonyl (C=O) groups excluding carboxylic acids is 1. The van der Waals surface area contributed by atoms with Gasteiger partial charge in [0.15, 0.2) is 23.1 Å². The molecule has 0 radical (unpaired) electrons. The summed E-state index contributed by atoms with van der Waals surface area (Å²) in [6.45, 7) is 1.88. The van der Waals surface area contributed by atoms with E-state index >= 15 is 0 Å². The summed E-state index contributed by atoms with van der Waals surface area (Å²) in [6, 6.07) is 0. The van der Waals surface area contributed by atoms with Crippen LogP contribution in [0.4, 0.5) is 26.0 Å². The minimum Gasteiger partial charge on any atom is -0.381 e. The highest BCUT2D eigenvalue weighted by atomic mass is 32.2. The Morgan fingerprint density at radius 2 is 1.72 bits per heavy atom. The van der Waals surface area contributed by atoms with Gasteiger partial charge in [0.1, 0.15) is 11.3 Å². The monoisotopic (exact) mass is 523 g/mol. The molecule has 0 atom stereocenters. The largest absolute Gasteiger partial charge is 0.381 e. The van der Waals surface area contributed by atoms with Crippen LogP contribution in [0.3, 0.4) is 0 Å². The van der Waals surface area contributed by atoms with Gasteiger partial charge in [0, 0.05) is 39.3 Å². The number of nitrogens with zero attached hydrogens (tertiary/aromatic N) is 7. The van der Waals surface area contributed by atoms with Crippen LogP contribution in [0.2, 0.25) is 0 Å². The van der Waals surface area contributed by atoms with Crippen LogP contribution in [-0.2, 0) is 14.9 Å². The lowest BCUT2D eigenvalue weighted by Crippen LogP contribution is -2.55. The number of hydrogen-bond donors (Lipinski definition) is 2. The third kappa shape index (κ3) is 4.43. The molecule has 5 rings (SSSR count). The first-order chi connectivity index (χ1) is 17.3. The third-order valence-electron chi connectivity index (χ3n) is 5.99. The molecular weight excluding hydrogens is 500 g/mol. The predicted molar refractivity (Wildman–Crippen MR) is 125 cm³/mol. The van der Waals surface area contributed by atoms with Gasteiger partial charge in [-0.3, -0.25) is 9.78 Å². The van der Waals surface area contributed by atoms with Crippen molar-refractivity contribution in [2.45, 2.75) is 0 Å². The third-order valence-corrected chi connectivity index (χ3v) is 8.03. The SMILES string of the molecule is Nc1nn2cc(F)cnc2c1C(=O)Nc1cncc(F)c1N1CCN(S(=O)(=O)N2CCOCC2)CC1. The number of nitrogens with two attached hydrogens (primary N) is 1. The minimum atomic E-state index is -3.66. The highest BCUT2D eigenvalue weighted by Crippen LogP contribution is 2.31. The second-order valence-electron chi connectivity index (χ2n) is 8.18. The van der Waals surface area contributed by atoms with Crippen molar-refractivity contribution in [1.29, 1.82) is 0 Å². The van der Waals surface area contributed by atoms with Crippen LogP contribution in [0.5, 0.6) is 0 Å². The van der Waals surface area contributed by atoms with Crippen LogP contribution < -0.4 is 16.0 Å². The first-order valence-electron chi connectivity index (χ1n) is 11.1. The van der Waals surface area contributed by atoms with E-state index in [1.807, 2.05) is 0 Å². The number of rotatable bonds is 5. The maximum absolute atomic E-state index is 14.9. The quantitative estimate of drug-likeness (QED) is 0.468. The van der Waals surface area contributed by atoms with Gasteiger partial charge in [-0.15, -0.1) is 5.10 Å². The number of fused-ring (bicyclic) bond motifs is 1. The number of amides is 1. The lowest BCUT2D eigenvalue weighted by molar-refractivity contribution is 0.0700.